The van der Waals surface area contributed by atoms with Crippen molar-refractivity contribution in [3.8, 4) is 0 Å². The van der Waals surface area contributed by atoms with Crippen LogP contribution in [0.3, 0.4) is 0 Å². The van der Waals surface area contributed by atoms with Gasteiger partial charge in [0.1, 0.15) is 12.0 Å². The molecule has 0 amide bonds. The van der Waals surface area contributed by atoms with Crippen LogP contribution in [0.1, 0.15) is 13.8 Å². The molecule has 0 aliphatic carbocycles. The largest absolute Gasteiger partial charge is 0.382 e. The monoisotopic (exact) mass is 167 g/mol. The Morgan fingerprint density at radius 1 is 1.50 bits per heavy atom. The van der Waals surface area contributed by atoms with E-state index in [1.165, 1.54) is 11.3 Å². The lowest BCUT2D eigenvalue weighted by atomic mass is 10.3. The van der Waals surface area contributed by atoms with Crippen LogP contribution in [0, 0.1) is 0 Å². The van der Waals surface area contributed by atoms with Gasteiger partial charge in [0.15, 0.2) is 5.82 Å². The first-order valence-corrected chi connectivity index (χ1v) is 3.72. The Balaban J connectivity index is 2.94. The summed E-state index contributed by atoms with van der Waals surface area (Å²) in [7, 11) is 0. The predicted molar refractivity (Wildman–Crippen MR) is 48.2 cm³/mol. The van der Waals surface area contributed by atoms with Crippen molar-refractivity contribution in [1.29, 1.82) is 0 Å². The minimum atomic E-state index is 0.179. The van der Waals surface area contributed by atoms with Crippen LogP contribution in [-0.2, 0) is 0 Å². The first kappa shape index (κ1) is 8.73. The van der Waals surface area contributed by atoms with Gasteiger partial charge < -0.3 is 10.7 Å². The Kier molecular flexibility index (Phi) is 2.44. The molecule has 0 aromatic carbocycles. The molecule has 12 heavy (non-hydrogen) atoms. The number of aromatic nitrogens is 2. The number of nitrogens with zero attached hydrogens (tertiary/aromatic N) is 3. The number of anilines is 2. The van der Waals surface area contributed by atoms with E-state index in [1.54, 1.807) is 6.20 Å². The van der Waals surface area contributed by atoms with Crippen molar-refractivity contribution in [1.82, 2.24) is 9.97 Å². The van der Waals surface area contributed by atoms with Gasteiger partial charge in [-0.2, -0.15) is 0 Å². The lowest BCUT2D eigenvalue weighted by Crippen LogP contribution is -2.38. The van der Waals surface area contributed by atoms with Gasteiger partial charge in [-0.1, -0.05) is 0 Å². The number of hydrogen-bond acceptors (Lipinski definition) is 5. The molecule has 0 aliphatic rings. The molecule has 0 bridgehead atoms. The van der Waals surface area contributed by atoms with Crippen molar-refractivity contribution in [2.75, 3.05) is 10.7 Å². The molecule has 0 radical (unpaired) electrons. The van der Waals surface area contributed by atoms with Gasteiger partial charge in [-0.25, -0.2) is 15.8 Å². The van der Waals surface area contributed by atoms with E-state index in [1.807, 2.05) is 13.8 Å². The molecule has 5 heteroatoms. The lowest BCUT2D eigenvalue weighted by Gasteiger charge is -2.22. The van der Waals surface area contributed by atoms with Crippen LogP contribution in [0.4, 0.5) is 11.5 Å². The highest BCUT2D eigenvalue weighted by Crippen LogP contribution is 2.17. The van der Waals surface area contributed by atoms with E-state index in [2.05, 4.69) is 9.97 Å². The Morgan fingerprint density at radius 2 is 2.17 bits per heavy atom. The molecule has 5 nitrogen and oxygen atoms in total. The lowest BCUT2D eigenvalue weighted by molar-refractivity contribution is 0.709. The Hall–Kier alpha value is -1.36. The summed E-state index contributed by atoms with van der Waals surface area (Å²) in [5.41, 5.74) is 6.25. The maximum absolute atomic E-state index is 5.71. The number of nitrogens with two attached hydrogens (primary N) is 2. The van der Waals surface area contributed by atoms with Gasteiger partial charge in [-0.05, 0) is 13.8 Å². The zero-order valence-electron chi connectivity index (χ0n) is 7.23. The molecule has 0 spiro atoms. The molecule has 0 saturated heterocycles. The molecule has 4 N–H and O–H groups in total. The van der Waals surface area contributed by atoms with E-state index in [9.17, 15) is 0 Å². The van der Waals surface area contributed by atoms with Crippen molar-refractivity contribution < 1.29 is 0 Å². The van der Waals surface area contributed by atoms with Crippen LogP contribution in [0.2, 0.25) is 0 Å². The quantitative estimate of drug-likeness (QED) is 0.484. The van der Waals surface area contributed by atoms with E-state index in [0.717, 1.165) is 0 Å². The number of nitrogen functional groups attached to an aromatic ring is 1. The molecule has 0 aliphatic heterocycles. The van der Waals surface area contributed by atoms with Crippen molar-refractivity contribution in [3.63, 3.8) is 0 Å². The molecule has 0 saturated carbocycles. The third-order valence-corrected chi connectivity index (χ3v) is 1.56. The Morgan fingerprint density at radius 3 is 2.67 bits per heavy atom. The molecule has 1 heterocycles. The highest BCUT2D eigenvalue weighted by molar-refractivity contribution is 5.60. The topological polar surface area (TPSA) is 81.1 Å². The molecule has 1 aromatic heterocycles. The number of hydrazine groups is 1. The highest BCUT2D eigenvalue weighted by atomic mass is 15.4. The summed E-state index contributed by atoms with van der Waals surface area (Å²) in [4.78, 5) is 7.66. The first-order chi connectivity index (χ1) is 5.63. The van der Waals surface area contributed by atoms with Crippen molar-refractivity contribution in [2.45, 2.75) is 19.9 Å². The Bertz CT molecular complexity index is 260. The normalized spacial score (nSPS) is 10.3. The molecule has 1 rings (SSSR count). The van der Waals surface area contributed by atoms with Gasteiger partial charge in [-0.15, -0.1) is 0 Å². The van der Waals surface area contributed by atoms with E-state index >= 15 is 0 Å². The summed E-state index contributed by atoms with van der Waals surface area (Å²) in [5.74, 6) is 6.12. The fraction of sp³-hybridized carbons (Fsp3) is 0.429. The maximum atomic E-state index is 5.71. The van der Waals surface area contributed by atoms with Gasteiger partial charge in [0.25, 0.3) is 0 Å². The molecule has 1 aromatic rings. The van der Waals surface area contributed by atoms with Crippen LogP contribution in [0.15, 0.2) is 12.5 Å². The van der Waals surface area contributed by atoms with Gasteiger partial charge in [0.05, 0.1) is 6.20 Å². The highest BCUT2D eigenvalue weighted by Gasteiger charge is 2.09. The second-order valence-electron chi connectivity index (χ2n) is 2.79. The van der Waals surface area contributed by atoms with E-state index in [-0.39, 0.29) is 6.04 Å². The first-order valence-electron chi connectivity index (χ1n) is 3.72. The summed E-state index contributed by atoms with van der Waals surface area (Å²) in [6.45, 7) is 3.93. The van der Waals surface area contributed by atoms with Crippen LogP contribution < -0.4 is 16.6 Å². The van der Waals surface area contributed by atoms with Crippen molar-refractivity contribution >= 4 is 11.5 Å². The second kappa shape index (κ2) is 3.36. The van der Waals surface area contributed by atoms with Gasteiger partial charge >= 0.3 is 0 Å². The smallest absolute Gasteiger partial charge is 0.151 e. The van der Waals surface area contributed by atoms with Gasteiger partial charge in [0, 0.05) is 6.04 Å². The fourth-order valence-corrected chi connectivity index (χ4v) is 0.809. The minimum absolute atomic E-state index is 0.179. The SMILES string of the molecule is CC(C)N(N)c1cncnc1N. The predicted octanol–water partition coefficient (Wildman–Crippen LogP) is 0.147. The van der Waals surface area contributed by atoms with Crippen molar-refractivity contribution in [3.05, 3.63) is 12.5 Å². The van der Waals surface area contributed by atoms with Crippen LogP contribution in [0.5, 0.6) is 0 Å². The van der Waals surface area contributed by atoms with Crippen LogP contribution in [0.25, 0.3) is 0 Å². The Labute approximate surface area is 71.4 Å². The van der Waals surface area contributed by atoms with E-state index in [0.29, 0.717) is 11.5 Å². The van der Waals surface area contributed by atoms with E-state index < -0.39 is 0 Å². The molecule has 0 fully saturated rings. The molecular formula is C7H13N5. The van der Waals surface area contributed by atoms with E-state index in [4.69, 9.17) is 11.6 Å². The summed E-state index contributed by atoms with van der Waals surface area (Å²) in [5, 5.41) is 1.54. The fourth-order valence-electron chi connectivity index (χ4n) is 0.809. The third-order valence-electron chi connectivity index (χ3n) is 1.56. The summed E-state index contributed by atoms with van der Waals surface area (Å²) >= 11 is 0. The summed E-state index contributed by atoms with van der Waals surface area (Å²) in [6, 6.07) is 0.179. The standard InChI is InChI=1S/C7H13N5/c1-5(2)12(9)6-3-10-4-11-7(6)8/h3-5H,9H2,1-2H3,(H2,8,10,11). The van der Waals surface area contributed by atoms with Crippen LogP contribution in [-0.4, -0.2) is 16.0 Å². The van der Waals surface area contributed by atoms with Crippen LogP contribution >= 0.6 is 0 Å². The molecule has 0 atom stereocenters. The van der Waals surface area contributed by atoms with Crippen molar-refractivity contribution in [2.24, 2.45) is 5.84 Å². The average Bonchev–Trinajstić information content (AvgIpc) is 2.04. The zero-order chi connectivity index (χ0) is 9.14. The number of rotatable bonds is 2. The zero-order valence-corrected chi connectivity index (χ0v) is 7.23. The van der Waals surface area contributed by atoms with Gasteiger partial charge in [-0.3, -0.25) is 0 Å². The second-order valence-corrected chi connectivity index (χ2v) is 2.79. The maximum Gasteiger partial charge on any atom is 0.151 e. The average molecular weight is 167 g/mol. The minimum Gasteiger partial charge on any atom is -0.382 e. The molecule has 66 valence electrons. The number of hydrogen-bond donors (Lipinski definition) is 2. The van der Waals surface area contributed by atoms with Gasteiger partial charge in [0.2, 0.25) is 0 Å². The molecule has 0 unspecified atom stereocenters. The summed E-state index contributed by atoms with van der Waals surface area (Å²) in [6.07, 6.45) is 3.00. The third kappa shape index (κ3) is 1.62. The summed E-state index contributed by atoms with van der Waals surface area (Å²) < 4.78 is 0. The molecular weight excluding hydrogens is 154 g/mol.